The van der Waals surface area contributed by atoms with Gasteiger partial charge in [-0.1, -0.05) is 13.3 Å². The zero-order valence-corrected chi connectivity index (χ0v) is 11.3. The fourth-order valence-electron chi connectivity index (χ4n) is 1.57. The highest BCUT2D eigenvalue weighted by atomic mass is 19.1. The number of hydrogen-bond acceptors (Lipinski definition) is 4. The fourth-order valence-corrected chi connectivity index (χ4v) is 1.57. The third kappa shape index (κ3) is 5.18. The number of unbranched alkanes of at least 4 members (excludes halogenated alkanes) is 1. The summed E-state index contributed by atoms with van der Waals surface area (Å²) in [6.45, 7) is 3.80. The van der Waals surface area contributed by atoms with Crippen molar-refractivity contribution in [2.45, 2.75) is 26.3 Å². The molecule has 0 fully saturated rings. The number of benzene rings is 1. The number of nitrogens with zero attached hydrogens (tertiary/aromatic N) is 1. The standard InChI is InChI=1S/C13H18F2N2O3/c1-2-3-5-20-6-4-16-9-10-7-13(17(18)19)12(15)8-11(10)14/h7-8,16H,2-6,9H2,1H3. The quantitative estimate of drug-likeness (QED) is 0.431. The Morgan fingerprint density at radius 2 is 2.05 bits per heavy atom. The van der Waals surface area contributed by atoms with Gasteiger partial charge in [-0.25, -0.2) is 4.39 Å². The van der Waals surface area contributed by atoms with Crippen molar-refractivity contribution < 1.29 is 18.4 Å². The van der Waals surface area contributed by atoms with Crippen LogP contribution in [-0.4, -0.2) is 24.7 Å². The average Bonchev–Trinajstić information content (AvgIpc) is 2.39. The summed E-state index contributed by atoms with van der Waals surface area (Å²) < 4.78 is 31.9. The molecule has 0 aliphatic heterocycles. The summed E-state index contributed by atoms with van der Waals surface area (Å²) in [4.78, 5) is 9.70. The summed E-state index contributed by atoms with van der Waals surface area (Å²) in [5.41, 5.74) is -0.658. The van der Waals surface area contributed by atoms with Crippen LogP contribution in [0.4, 0.5) is 14.5 Å². The lowest BCUT2D eigenvalue weighted by molar-refractivity contribution is -0.387. The van der Waals surface area contributed by atoms with Crippen LogP contribution < -0.4 is 5.32 Å². The molecule has 0 aliphatic carbocycles. The van der Waals surface area contributed by atoms with E-state index in [1.807, 2.05) is 0 Å². The van der Waals surface area contributed by atoms with Crippen molar-refractivity contribution in [3.05, 3.63) is 39.4 Å². The van der Waals surface area contributed by atoms with Gasteiger partial charge >= 0.3 is 5.69 Å². The molecule has 112 valence electrons. The Kier molecular flexibility index (Phi) is 7.03. The van der Waals surface area contributed by atoms with E-state index in [0.717, 1.165) is 18.9 Å². The Bertz CT molecular complexity index is 455. The maximum atomic E-state index is 13.4. The molecule has 0 heterocycles. The van der Waals surface area contributed by atoms with Crippen LogP contribution >= 0.6 is 0 Å². The Balaban J connectivity index is 2.44. The van der Waals surface area contributed by atoms with E-state index >= 15 is 0 Å². The second-order valence-electron chi connectivity index (χ2n) is 4.29. The van der Waals surface area contributed by atoms with Crippen LogP contribution in [0.15, 0.2) is 12.1 Å². The number of nitro benzene ring substituents is 1. The van der Waals surface area contributed by atoms with Crippen LogP contribution in [0, 0.1) is 21.7 Å². The molecule has 1 rings (SSSR count). The number of nitro groups is 1. The summed E-state index contributed by atoms with van der Waals surface area (Å²) >= 11 is 0. The lowest BCUT2D eigenvalue weighted by atomic mass is 10.2. The molecule has 1 aromatic rings. The molecule has 0 amide bonds. The molecule has 20 heavy (non-hydrogen) atoms. The topological polar surface area (TPSA) is 64.4 Å². The second-order valence-corrected chi connectivity index (χ2v) is 4.29. The Labute approximate surface area is 116 Å². The molecule has 0 spiro atoms. The highest BCUT2D eigenvalue weighted by molar-refractivity contribution is 5.37. The first-order valence-corrected chi connectivity index (χ1v) is 6.47. The Morgan fingerprint density at radius 1 is 1.30 bits per heavy atom. The molecule has 0 bridgehead atoms. The molecule has 0 aromatic heterocycles. The highest BCUT2D eigenvalue weighted by Crippen LogP contribution is 2.21. The zero-order chi connectivity index (χ0) is 15.0. The third-order valence-corrected chi connectivity index (χ3v) is 2.69. The molecule has 0 radical (unpaired) electrons. The molecule has 0 saturated carbocycles. The predicted octanol–water partition coefficient (Wildman–Crippen LogP) is 2.78. The van der Waals surface area contributed by atoms with Gasteiger partial charge in [0.1, 0.15) is 5.82 Å². The van der Waals surface area contributed by atoms with Crippen LogP contribution in [0.5, 0.6) is 0 Å². The third-order valence-electron chi connectivity index (χ3n) is 2.69. The van der Waals surface area contributed by atoms with Gasteiger partial charge < -0.3 is 10.1 Å². The molecule has 0 atom stereocenters. The van der Waals surface area contributed by atoms with Crippen LogP contribution in [0.25, 0.3) is 0 Å². The van der Waals surface area contributed by atoms with Gasteiger partial charge in [0, 0.05) is 37.4 Å². The monoisotopic (exact) mass is 288 g/mol. The van der Waals surface area contributed by atoms with Crippen molar-refractivity contribution in [1.82, 2.24) is 5.32 Å². The minimum atomic E-state index is -1.17. The maximum absolute atomic E-state index is 13.4. The van der Waals surface area contributed by atoms with E-state index in [2.05, 4.69) is 12.2 Å². The van der Waals surface area contributed by atoms with Crippen LogP contribution in [-0.2, 0) is 11.3 Å². The van der Waals surface area contributed by atoms with E-state index in [1.54, 1.807) is 0 Å². The summed E-state index contributed by atoms with van der Waals surface area (Å²) in [7, 11) is 0. The van der Waals surface area contributed by atoms with Crippen LogP contribution in [0.3, 0.4) is 0 Å². The van der Waals surface area contributed by atoms with Gasteiger partial charge in [-0.2, -0.15) is 4.39 Å². The summed E-state index contributed by atoms with van der Waals surface area (Å²) in [6, 6.07) is 1.45. The first-order valence-electron chi connectivity index (χ1n) is 6.47. The van der Waals surface area contributed by atoms with Gasteiger partial charge in [0.2, 0.25) is 5.82 Å². The molecule has 0 unspecified atom stereocenters. The lowest BCUT2D eigenvalue weighted by Crippen LogP contribution is -2.20. The minimum absolute atomic E-state index is 0.0617. The molecular weight excluding hydrogens is 270 g/mol. The number of rotatable bonds is 9. The molecule has 5 nitrogen and oxygen atoms in total. The molecule has 1 N–H and O–H groups in total. The zero-order valence-electron chi connectivity index (χ0n) is 11.3. The molecule has 0 saturated heterocycles. The minimum Gasteiger partial charge on any atom is -0.380 e. The van der Waals surface area contributed by atoms with Crippen molar-refractivity contribution in [2.75, 3.05) is 19.8 Å². The van der Waals surface area contributed by atoms with Gasteiger partial charge in [-0.3, -0.25) is 10.1 Å². The van der Waals surface area contributed by atoms with E-state index in [4.69, 9.17) is 4.74 Å². The normalized spacial score (nSPS) is 10.8. The van der Waals surface area contributed by atoms with Crippen LogP contribution in [0.2, 0.25) is 0 Å². The lowest BCUT2D eigenvalue weighted by Gasteiger charge is -2.07. The Hall–Kier alpha value is -1.60. The fraction of sp³-hybridized carbons (Fsp3) is 0.538. The summed E-state index contributed by atoms with van der Waals surface area (Å²) in [5.74, 6) is -1.97. The molecular formula is C13H18F2N2O3. The largest absolute Gasteiger partial charge is 0.380 e. The summed E-state index contributed by atoms with van der Waals surface area (Å²) in [6.07, 6.45) is 2.04. The highest BCUT2D eigenvalue weighted by Gasteiger charge is 2.17. The number of halogens is 2. The first-order chi connectivity index (χ1) is 9.56. The smallest absolute Gasteiger partial charge is 0.305 e. The van der Waals surface area contributed by atoms with E-state index in [9.17, 15) is 18.9 Å². The van der Waals surface area contributed by atoms with Crippen molar-refractivity contribution >= 4 is 5.69 Å². The van der Waals surface area contributed by atoms with Crippen molar-refractivity contribution in [3.63, 3.8) is 0 Å². The van der Waals surface area contributed by atoms with Crippen molar-refractivity contribution in [3.8, 4) is 0 Å². The summed E-state index contributed by atoms with van der Waals surface area (Å²) in [5, 5.41) is 13.5. The van der Waals surface area contributed by atoms with E-state index < -0.39 is 22.2 Å². The van der Waals surface area contributed by atoms with Crippen molar-refractivity contribution in [1.29, 1.82) is 0 Å². The molecule has 1 aromatic carbocycles. The number of ether oxygens (including phenoxy) is 1. The van der Waals surface area contributed by atoms with Crippen LogP contribution in [0.1, 0.15) is 25.3 Å². The first kappa shape index (κ1) is 16.5. The van der Waals surface area contributed by atoms with Gasteiger partial charge in [-0.15, -0.1) is 0 Å². The SMILES string of the molecule is CCCCOCCNCc1cc([N+](=O)[O-])c(F)cc1F. The average molecular weight is 288 g/mol. The van der Waals surface area contributed by atoms with Gasteiger partial charge in [0.25, 0.3) is 0 Å². The van der Waals surface area contributed by atoms with E-state index in [-0.39, 0.29) is 12.1 Å². The van der Waals surface area contributed by atoms with Gasteiger partial charge in [0.05, 0.1) is 11.5 Å². The van der Waals surface area contributed by atoms with Gasteiger partial charge in [0.15, 0.2) is 0 Å². The molecule has 7 heteroatoms. The second kappa shape index (κ2) is 8.55. The van der Waals surface area contributed by atoms with E-state index in [0.29, 0.717) is 25.8 Å². The van der Waals surface area contributed by atoms with Gasteiger partial charge in [-0.05, 0) is 6.42 Å². The molecule has 0 aliphatic rings. The van der Waals surface area contributed by atoms with Crippen molar-refractivity contribution in [2.24, 2.45) is 0 Å². The predicted molar refractivity (Wildman–Crippen MR) is 70.4 cm³/mol. The van der Waals surface area contributed by atoms with E-state index in [1.165, 1.54) is 0 Å². The maximum Gasteiger partial charge on any atom is 0.305 e. The number of hydrogen-bond donors (Lipinski definition) is 1. The Morgan fingerprint density at radius 3 is 2.70 bits per heavy atom. The number of nitrogens with one attached hydrogen (secondary N) is 1.